The third-order valence-corrected chi connectivity index (χ3v) is 136. The van der Waals surface area contributed by atoms with Crippen LogP contribution in [0.1, 0.15) is 77.0 Å². The second-order valence-electron chi connectivity index (χ2n) is 21.5. The summed E-state index contributed by atoms with van der Waals surface area (Å²) in [6, 6.07) is 0. The first kappa shape index (κ1) is 34.1. The Morgan fingerprint density at radius 3 is 0.750 bits per heavy atom. The van der Waals surface area contributed by atoms with Crippen LogP contribution in [-0.4, -0.2) is 66.0 Å². The molecule has 8 bridgehead atoms. The zero-order chi connectivity index (χ0) is 32.5. The molecule has 10 heteroatoms. The summed E-state index contributed by atoms with van der Waals surface area (Å²) in [4.78, 5) is 32.1. The minimum atomic E-state index is -3.00. The molecule has 8 fully saturated rings. The SMILES string of the molecule is C[Si](C)(C)[Si](C(=O)OC12CC3CC(CC(C3)C1)C2)([Si](C)(C)C)[Si](C(=O)OC12CC3CC(CC(C3)C1)C2)([Si](C)(C)C)[Si](C)(C)C. The van der Waals surface area contributed by atoms with Gasteiger partial charge in [0.2, 0.25) is 0 Å². The Kier molecular flexibility index (Phi) is 8.04. The van der Waals surface area contributed by atoms with Crippen LogP contribution in [-0.2, 0) is 9.47 Å². The molecule has 0 N–H and O–H groups in total. The molecule has 8 rings (SSSR count). The van der Waals surface area contributed by atoms with Crippen molar-refractivity contribution in [3.63, 3.8) is 0 Å². The molecular formula is C34H66O4Si6. The predicted octanol–water partition coefficient (Wildman–Crippen LogP) is 10.0. The van der Waals surface area contributed by atoms with Gasteiger partial charge in [-0.25, -0.2) is 0 Å². The van der Waals surface area contributed by atoms with Crippen LogP contribution in [0, 0.1) is 35.5 Å². The van der Waals surface area contributed by atoms with Gasteiger partial charge in [-0.15, -0.1) is 0 Å². The highest BCUT2D eigenvalue weighted by Crippen LogP contribution is 2.60. The van der Waals surface area contributed by atoms with E-state index in [1.54, 1.807) is 0 Å². The first-order valence-corrected chi connectivity index (χ1v) is 41.4. The Balaban J connectivity index is 1.52. The second-order valence-corrected chi connectivity index (χ2v) is 83.8. The summed E-state index contributed by atoms with van der Waals surface area (Å²) in [6.45, 7) is 24.2. The molecule has 250 valence electrons. The highest BCUT2D eigenvalue weighted by Gasteiger charge is 2.84. The van der Waals surface area contributed by atoms with E-state index in [1.165, 1.54) is 38.5 Å². The van der Waals surface area contributed by atoms with Crippen LogP contribution in [0.2, 0.25) is 78.6 Å². The van der Waals surface area contributed by atoms with Gasteiger partial charge in [0.25, 0.3) is 11.2 Å². The summed E-state index contributed by atoms with van der Waals surface area (Å²) >= 11 is 0. The fraction of sp³-hybridized carbons (Fsp3) is 0.941. The minimum Gasteiger partial charge on any atom is -0.464 e. The van der Waals surface area contributed by atoms with Gasteiger partial charge in [-0.1, -0.05) is 78.6 Å². The van der Waals surface area contributed by atoms with E-state index in [2.05, 4.69) is 78.6 Å². The fourth-order valence-corrected chi connectivity index (χ4v) is 230. The van der Waals surface area contributed by atoms with Crippen LogP contribution in [0.5, 0.6) is 0 Å². The Morgan fingerprint density at radius 1 is 0.409 bits per heavy atom. The lowest BCUT2D eigenvalue weighted by Gasteiger charge is -2.65. The first-order valence-electron chi connectivity index (χ1n) is 18.4. The smallest absolute Gasteiger partial charge is 0.264 e. The van der Waals surface area contributed by atoms with Crippen LogP contribution in [0.3, 0.4) is 0 Å². The summed E-state index contributed by atoms with van der Waals surface area (Å²) in [5, 5.41) is 0. The maximum atomic E-state index is 16.0. The van der Waals surface area contributed by atoms with Gasteiger partial charge in [0.05, 0.1) is 0 Å². The number of ether oxygens (including phenoxy) is 2. The number of rotatable bonds is 9. The third-order valence-electron chi connectivity index (χ3n) is 14.3. The summed E-state index contributed by atoms with van der Waals surface area (Å²) in [5.41, 5.74) is -0.0214. The summed E-state index contributed by atoms with van der Waals surface area (Å²) in [5.74, 6) is 4.42. The molecule has 0 spiro atoms. The largest absolute Gasteiger partial charge is 0.464 e. The minimum absolute atomic E-state index is 0.247. The van der Waals surface area contributed by atoms with Crippen molar-refractivity contribution in [2.45, 2.75) is 167 Å². The van der Waals surface area contributed by atoms with Crippen LogP contribution < -0.4 is 0 Å². The molecule has 0 unspecified atom stereocenters. The summed E-state index contributed by atoms with van der Waals surface area (Å²) < 4.78 is 14.7. The van der Waals surface area contributed by atoms with Gasteiger partial charge in [-0.05, 0) is 113 Å². The molecule has 0 aromatic heterocycles. The quantitative estimate of drug-likeness (QED) is 0.224. The molecule has 0 heterocycles. The first-order chi connectivity index (χ1) is 20.0. The molecule has 0 radical (unpaired) electrons. The number of carbonyl (C=O) groups is 2. The Hall–Kier alpha value is 0.241. The van der Waals surface area contributed by atoms with E-state index in [4.69, 9.17) is 9.47 Å². The van der Waals surface area contributed by atoms with Crippen molar-refractivity contribution < 1.29 is 19.1 Å². The standard InChI is InChI=1S/C34H66O4Si6/c1-39(2,3)43(40(4,5)6,31(35)37-33-19-25-13-26(20-33)15-27(14-25)21-33)44(41(7,8)9,42(10,11)12)32(36)38-34-22-28-16-29(23-34)18-30(17-28)24-34/h25-30H,13-24H2,1-12H3. The fourth-order valence-electron chi connectivity index (χ4n) is 14.9. The molecule has 44 heavy (non-hydrogen) atoms. The van der Waals surface area contributed by atoms with E-state index in [0.29, 0.717) is 0 Å². The normalized spacial score (nSPS) is 38.6. The van der Waals surface area contributed by atoms with Gasteiger partial charge in [-0.2, -0.15) is 0 Å². The van der Waals surface area contributed by atoms with Crippen molar-refractivity contribution in [2.24, 2.45) is 35.5 Å². The molecule has 0 amide bonds. The number of hydrogen-bond donors (Lipinski definition) is 0. The lowest BCUT2D eigenvalue weighted by Crippen LogP contribution is -3.01. The molecule has 0 aromatic rings. The van der Waals surface area contributed by atoms with E-state index < -0.39 is 43.6 Å². The van der Waals surface area contributed by atoms with Crippen molar-refractivity contribution in [3.8, 4) is 0 Å². The topological polar surface area (TPSA) is 52.6 Å². The van der Waals surface area contributed by atoms with Gasteiger partial charge >= 0.3 is 0 Å². The van der Waals surface area contributed by atoms with Gasteiger partial charge in [0, 0.05) is 30.4 Å². The zero-order valence-corrected chi connectivity index (χ0v) is 36.6. The molecule has 0 saturated heterocycles. The lowest BCUT2D eigenvalue weighted by molar-refractivity contribution is -0.123. The van der Waals surface area contributed by atoms with E-state index >= 15 is 9.59 Å². The lowest BCUT2D eigenvalue weighted by atomic mass is 9.54. The van der Waals surface area contributed by atoms with E-state index in [9.17, 15) is 0 Å². The van der Waals surface area contributed by atoms with Crippen LogP contribution in [0.25, 0.3) is 0 Å². The summed E-state index contributed by atoms with van der Waals surface area (Å²) in [7, 11) is -8.95. The molecule has 0 aromatic carbocycles. The van der Waals surface area contributed by atoms with Crippen molar-refractivity contribution in [1.82, 2.24) is 0 Å². The molecule has 8 saturated carbocycles. The Bertz CT molecular complexity index is 995. The van der Waals surface area contributed by atoms with Crippen molar-refractivity contribution >= 4 is 54.8 Å². The third kappa shape index (κ3) is 4.89. The highest BCUT2D eigenvalue weighted by molar-refractivity contribution is 8.17. The summed E-state index contributed by atoms with van der Waals surface area (Å²) in [6.07, 6.45) is 14.6. The Labute approximate surface area is 275 Å². The van der Waals surface area contributed by atoms with Gasteiger partial charge in [0.1, 0.15) is 11.2 Å². The molecule has 8 aliphatic rings. The molecule has 0 aliphatic heterocycles. The average molecular weight is 707 g/mol. The van der Waals surface area contributed by atoms with E-state index in [1.807, 2.05) is 0 Å². The van der Waals surface area contributed by atoms with Crippen LogP contribution in [0.15, 0.2) is 0 Å². The van der Waals surface area contributed by atoms with Crippen LogP contribution in [0.4, 0.5) is 9.59 Å². The van der Waals surface area contributed by atoms with E-state index in [0.717, 1.165) is 74.0 Å². The van der Waals surface area contributed by atoms with Crippen molar-refractivity contribution in [1.29, 1.82) is 0 Å². The molecule has 8 aliphatic carbocycles. The van der Waals surface area contributed by atoms with Crippen molar-refractivity contribution in [2.75, 3.05) is 0 Å². The van der Waals surface area contributed by atoms with Gasteiger partial charge in [-0.3, -0.25) is 9.59 Å². The van der Waals surface area contributed by atoms with Crippen molar-refractivity contribution in [3.05, 3.63) is 0 Å². The predicted molar refractivity (Wildman–Crippen MR) is 200 cm³/mol. The van der Waals surface area contributed by atoms with Gasteiger partial charge in [0.15, 0.2) is 13.3 Å². The average Bonchev–Trinajstić information content (AvgIpc) is 2.76. The van der Waals surface area contributed by atoms with Gasteiger partial charge < -0.3 is 9.47 Å². The molecule has 0 atom stereocenters. The van der Waals surface area contributed by atoms with E-state index in [-0.39, 0.29) is 22.4 Å². The molecular weight excluding hydrogens is 641 g/mol. The maximum Gasteiger partial charge on any atom is 0.264 e. The Morgan fingerprint density at radius 2 is 0.591 bits per heavy atom. The highest BCUT2D eigenvalue weighted by atomic mass is 30.2. The molecule has 4 nitrogen and oxygen atoms in total. The monoisotopic (exact) mass is 706 g/mol. The number of hydrogen-bond acceptors (Lipinski definition) is 4. The van der Waals surface area contributed by atoms with Crippen LogP contribution >= 0.6 is 0 Å². The zero-order valence-electron chi connectivity index (χ0n) is 30.6. The second kappa shape index (κ2) is 10.4. The maximum absolute atomic E-state index is 16.0. The number of carbonyl (C=O) groups excluding carboxylic acids is 2.